The number of aromatic amines is 1. The molecule has 0 saturated heterocycles. The van der Waals surface area contributed by atoms with Crippen molar-refractivity contribution in [3.05, 3.63) is 54.4 Å². The Bertz CT molecular complexity index is 839. The fourth-order valence-corrected chi connectivity index (χ4v) is 3.10. The highest BCUT2D eigenvalue weighted by Gasteiger charge is 2.14. The molecule has 0 aliphatic rings. The predicted octanol–water partition coefficient (Wildman–Crippen LogP) is 1.48. The van der Waals surface area contributed by atoms with Crippen molar-refractivity contribution in [2.24, 2.45) is 0 Å². The quantitative estimate of drug-likeness (QED) is 0.747. The Kier molecular flexibility index (Phi) is 3.68. The van der Waals surface area contributed by atoms with Gasteiger partial charge in [0.1, 0.15) is 0 Å². The van der Waals surface area contributed by atoms with Gasteiger partial charge in [0, 0.05) is 18.1 Å². The number of para-hydroxylation sites is 1. The molecule has 0 bridgehead atoms. The van der Waals surface area contributed by atoms with Crippen molar-refractivity contribution in [2.45, 2.75) is 11.4 Å². The van der Waals surface area contributed by atoms with Gasteiger partial charge in [-0.1, -0.05) is 24.3 Å². The summed E-state index contributed by atoms with van der Waals surface area (Å²) in [5.74, 6) is 0. The molecule has 0 unspecified atom stereocenters. The molecule has 2 aromatic heterocycles. The minimum atomic E-state index is -3.53. The smallest absolute Gasteiger partial charge is 0.257 e. The summed E-state index contributed by atoms with van der Waals surface area (Å²) in [7, 11) is -3.53. The normalized spacial score (nSPS) is 11.8. The highest BCUT2D eigenvalue weighted by Crippen LogP contribution is 2.16. The number of aromatic nitrogens is 3. The monoisotopic (exact) mass is 302 g/mol. The Morgan fingerprint density at radius 1 is 1.10 bits per heavy atom. The summed E-state index contributed by atoms with van der Waals surface area (Å²) in [6.07, 6.45) is 3.71. The SMILES string of the molecule is O=S(=O)(NCCc1cccc2cccnc12)c1ccn[nH]1. The van der Waals surface area contributed by atoms with Gasteiger partial charge < -0.3 is 0 Å². The molecule has 0 amide bonds. The van der Waals surface area contributed by atoms with Crippen LogP contribution in [0.1, 0.15) is 5.56 Å². The number of benzene rings is 1. The van der Waals surface area contributed by atoms with Crippen molar-refractivity contribution in [1.29, 1.82) is 0 Å². The Morgan fingerprint density at radius 3 is 2.76 bits per heavy atom. The van der Waals surface area contributed by atoms with E-state index in [1.165, 1.54) is 12.3 Å². The lowest BCUT2D eigenvalue weighted by Gasteiger charge is -2.07. The van der Waals surface area contributed by atoms with Gasteiger partial charge in [-0.2, -0.15) is 5.10 Å². The van der Waals surface area contributed by atoms with E-state index in [1.807, 2.05) is 30.3 Å². The second-order valence-corrected chi connectivity index (χ2v) is 6.30. The predicted molar refractivity (Wildman–Crippen MR) is 79.2 cm³/mol. The third-order valence-corrected chi connectivity index (χ3v) is 4.56. The van der Waals surface area contributed by atoms with Gasteiger partial charge in [0.05, 0.1) is 11.7 Å². The first-order chi connectivity index (χ1) is 10.2. The molecule has 0 aliphatic heterocycles. The zero-order valence-electron chi connectivity index (χ0n) is 11.2. The molecule has 1 aromatic carbocycles. The third kappa shape index (κ3) is 2.93. The first-order valence-electron chi connectivity index (χ1n) is 6.48. The van der Waals surface area contributed by atoms with Crippen LogP contribution in [0.5, 0.6) is 0 Å². The van der Waals surface area contributed by atoms with Crippen LogP contribution < -0.4 is 4.72 Å². The van der Waals surface area contributed by atoms with E-state index in [2.05, 4.69) is 19.9 Å². The fourth-order valence-electron chi connectivity index (χ4n) is 2.16. The lowest BCUT2D eigenvalue weighted by Crippen LogP contribution is -2.26. The number of sulfonamides is 1. The molecular formula is C14H14N4O2S. The van der Waals surface area contributed by atoms with Crippen LogP contribution in [0.2, 0.25) is 0 Å². The maximum absolute atomic E-state index is 11.9. The van der Waals surface area contributed by atoms with E-state index >= 15 is 0 Å². The highest BCUT2D eigenvalue weighted by atomic mass is 32.2. The van der Waals surface area contributed by atoms with Crippen LogP contribution in [0.15, 0.2) is 53.8 Å². The number of fused-ring (bicyclic) bond motifs is 1. The number of nitrogens with zero attached hydrogens (tertiary/aromatic N) is 2. The molecule has 3 rings (SSSR count). The van der Waals surface area contributed by atoms with E-state index in [4.69, 9.17) is 0 Å². The Labute approximate surface area is 122 Å². The van der Waals surface area contributed by atoms with E-state index in [9.17, 15) is 8.42 Å². The van der Waals surface area contributed by atoms with E-state index in [0.29, 0.717) is 13.0 Å². The molecule has 0 fully saturated rings. The molecule has 0 saturated carbocycles. The van der Waals surface area contributed by atoms with Gasteiger partial charge in [-0.05, 0) is 24.1 Å². The van der Waals surface area contributed by atoms with Crippen LogP contribution >= 0.6 is 0 Å². The summed E-state index contributed by atoms with van der Waals surface area (Å²) >= 11 is 0. The van der Waals surface area contributed by atoms with Crippen molar-refractivity contribution in [2.75, 3.05) is 6.54 Å². The van der Waals surface area contributed by atoms with Gasteiger partial charge >= 0.3 is 0 Å². The number of H-pyrrole nitrogens is 1. The Morgan fingerprint density at radius 2 is 1.95 bits per heavy atom. The van der Waals surface area contributed by atoms with Crippen LogP contribution in [0.3, 0.4) is 0 Å². The van der Waals surface area contributed by atoms with Crippen molar-refractivity contribution in [3.8, 4) is 0 Å². The minimum Gasteiger partial charge on any atom is -0.266 e. The molecule has 21 heavy (non-hydrogen) atoms. The first kappa shape index (κ1) is 13.7. The van der Waals surface area contributed by atoms with Gasteiger partial charge in [0.15, 0.2) is 5.03 Å². The Balaban J connectivity index is 1.73. The summed E-state index contributed by atoms with van der Waals surface area (Å²) < 4.78 is 26.4. The summed E-state index contributed by atoms with van der Waals surface area (Å²) in [6.45, 7) is 0.303. The number of pyridine rings is 1. The average Bonchev–Trinajstić information content (AvgIpc) is 3.02. The van der Waals surface area contributed by atoms with Gasteiger partial charge in [-0.15, -0.1) is 0 Å². The molecule has 0 spiro atoms. The van der Waals surface area contributed by atoms with Gasteiger partial charge in [0.2, 0.25) is 0 Å². The van der Waals surface area contributed by atoms with Gasteiger partial charge in [-0.3, -0.25) is 10.1 Å². The van der Waals surface area contributed by atoms with Crippen LogP contribution in [-0.4, -0.2) is 30.1 Å². The Hall–Kier alpha value is -2.25. The maximum Gasteiger partial charge on any atom is 0.257 e. The van der Waals surface area contributed by atoms with Crippen LogP contribution in [-0.2, 0) is 16.4 Å². The molecule has 0 atom stereocenters. The molecule has 0 radical (unpaired) electrons. The third-order valence-electron chi connectivity index (χ3n) is 3.17. The lowest BCUT2D eigenvalue weighted by molar-refractivity contribution is 0.577. The van der Waals surface area contributed by atoms with Crippen LogP contribution in [0.4, 0.5) is 0 Å². The van der Waals surface area contributed by atoms with Gasteiger partial charge in [-0.25, -0.2) is 13.1 Å². The van der Waals surface area contributed by atoms with Crippen molar-refractivity contribution >= 4 is 20.9 Å². The minimum absolute atomic E-state index is 0.0681. The number of hydrogen-bond donors (Lipinski definition) is 2. The molecular weight excluding hydrogens is 288 g/mol. The van der Waals surface area contributed by atoms with Gasteiger partial charge in [0.25, 0.3) is 10.0 Å². The summed E-state index contributed by atoms with van der Waals surface area (Å²) in [5, 5.41) is 7.20. The van der Waals surface area contributed by atoms with Crippen molar-refractivity contribution in [1.82, 2.24) is 19.9 Å². The second kappa shape index (κ2) is 5.63. The van der Waals surface area contributed by atoms with E-state index in [1.54, 1.807) is 6.20 Å². The van der Waals surface area contributed by atoms with E-state index < -0.39 is 10.0 Å². The summed E-state index contributed by atoms with van der Waals surface area (Å²) in [4.78, 5) is 4.35. The zero-order valence-corrected chi connectivity index (χ0v) is 12.0. The van der Waals surface area contributed by atoms with E-state index in [-0.39, 0.29) is 5.03 Å². The fraction of sp³-hybridized carbons (Fsp3) is 0.143. The van der Waals surface area contributed by atoms with E-state index in [0.717, 1.165) is 16.5 Å². The topological polar surface area (TPSA) is 87.7 Å². The zero-order chi connectivity index (χ0) is 14.7. The standard InChI is InChI=1S/C14H14N4O2S/c19-21(20,13-7-9-16-18-13)17-10-6-12-4-1-3-11-5-2-8-15-14(11)12/h1-5,7-9,17H,6,10H2,(H,16,18). The first-order valence-corrected chi connectivity index (χ1v) is 7.97. The summed E-state index contributed by atoms with van der Waals surface area (Å²) in [5.41, 5.74) is 1.92. The largest absolute Gasteiger partial charge is 0.266 e. The lowest BCUT2D eigenvalue weighted by atomic mass is 10.1. The molecule has 2 heterocycles. The average molecular weight is 302 g/mol. The number of rotatable bonds is 5. The molecule has 0 aliphatic carbocycles. The number of hydrogen-bond acceptors (Lipinski definition) is 4. The molecule has 3 aromatic rings. The molecule has 108 valence electrons. The molecule has 6 nitrogen and oxygen atoms in total. The maximum atomic E-state index is 11.9. The molecule has 2 N–H and O–H groups in total. The second-order valence-electron chi connectivity index (χ2n) is 4.56. The number of nitrogens with one attached hydrogen (secondary N) is 2. The van der Waals surface area contributed by atoms with Crippen molar-refractivity contribution in [3.63, 3.8) is 0 Å². The van der Waals surface area contributed by atoms with Crippen molar-refractivity contribution < 1.29 is 8.42 Å². The summed E-state index contributed by atoms with van der Waals surface area (Å²) in [6, 6.07) is 11.2. The highest BCUT2D eigenvalue weighted by molar-refractivity contribution is 7.89. The molecule has 7 heteroatoms. The van der Waals surface area contributed by atoms with Crippen LogP contribution in [0.25, 0.3) is 10.9 Å². The van der Waals surface area contributed by atoms with Crippen LogP contribution in [0, 0.1) is 0 Å².